The number of aromatic amines is 1. The van der Waals surface area contributed by atoms with Crippen molar-refractivity contribution in [2.24, 2.45) is 0 Å². The Hall–Kier alpha value is -1.43. The topological polar surface area (TPSA) is 71.1 Å². The van der Waals surface area contributed by atoms with Gasteiger partial charge in [0.1, 0.15) is 5.82 Å². The lowest BCUT2D eigenvalue weighted by Crippen LogP contribution is -2.44. The van der Waals surface area contributed by atoms with E-state index in [0.717, 1.165) is 5.82 Å². The molecule has 94 valence electrons. The number of hydrogen-bond donors (Lipinski definition) is 1. The van der Waals surface area contributed by atoms with Crippen molar-refractivity contribution in [1.29, 1.82) is 0 Å². The third-order valence-corrected chi connectivity index (χ3v) is 2.77. The number of carbonyl (C=O) groups excluding carboxylic acids is 1. The van der Waals surface area contributed by atoms with Gasteiger partial charge in [-0.2, -0.15) is 0 Å². The first kappa shape index (κ1) is 12.0. The molecule has 0 saturated carbocycles. The summed E-state index contributed by atoms with van der Waals surface area (Å²) in [5.74, 6) is 1.12. The summed E-state index contributed by atoms with van der Waals surface area (Å²) in [6.07, 6.45) is 0.0798. The van der Waals surface area contributed by atoms with Gasteiger partial charge in [0.25, 0.3) is 5.91 Å². The zero-order chi connectivity index (χ0) is 12.4. The van der Waals surface area contributed by atoms with E-state index in [0.29, 0.717) is 19.7 Å². The second kappa shape index (κ2) is 4.83. The summed E-state index contributed by atoms with van der Waals surface area (Å²) in [5.41, 5.74) is 0. The van der Waals surface area contributed by atoms with Crippen molar-refractivity contribution < 1.29 is 9.53 Å². The summed E-state index contributed by atoms with van der Waals surface area (Å²) >= 11 is 0. The second-order valence-corrected chi connectivity index (χ2v) is 4.63. The highest BCUT2D eigenvalue weighted by Gasteiger charge is 2.25. The Bertz CT molecular complexity index is 402. The number of amides is 1. The highest BCUT2D eigenvalue weighted by molar-refractivity contribution is 5.90. The van der Waals surface area contributed by atoms with Gasteiger partial charge in [-0.05, 0) is 6.92 Å². The Morgan fingerprint density at radius 2 is 2.35 bits per heavy atom. The minimum absolute atomic E-state index is 0.0798. The van der Waals surface area contributed by atoms with E-state index in [9.17, 15) is 4.79 Å². The molecule has 1 amide bonds. The fourth-order valence-electron chi connectivity index (χ4n) is 1.77. The molecule has 6 nitrogen and oxygen atoms in total. The summed E-state index contributed by atoms with van der Waals surface area (Å²) in [6.45, 7) is 7.75. The second-order valence-electron chi connectivity index (χ2n) is 4.63. The van der Waals surface area contributed by atoms with Gasteiger partial charge >= 0.3 is 0 Å². The summed E-state index contributed by atoms with van der Waals surface area (Å²) in [7, 11) is 0. The monoisotopic (exact) mass is 238 g/mol. The molecule has 2 rings (SSSR count). The molecule has 1 aliphatic rings. The van der Waals surface area contributed by atoms with Crippen LogP contribution < -0.4 is 0 Å². The van der Waals surface area contributed by atoms with Crippen LogP contribution in [0, 0.1) is 0 Å². The molecule has 17 heavy (non-hydrogen) atoms. The molecule has 0 bridgehead atoms. The zero-order valence-electron chi connectivity index (χ0n) is 10.4. The number of aromatic nitrogens is 3. The molecule has 1 N–H and O–H groups in total. The maximum absolute atomic E-state index is 12.1. The van der Waals surface area contributed by atoms with E-state index in [1.165, 1.54) is 0 Å². The van der Waals surface area contributed by atoms with Crippen LogP contribution in [0.2, 0.25) is 0 Å². The first-order valence-corrected chi connectivity index (χ1v) is 5.91. The van der Waals surface area contributed by atoms with Crippen LogP contribution in [-0.2, 0) is 4.74 Å². The molecule has 1 aromatic rings. The number of carbonyl (C=O) groups is 1. The number of ether oxygens (including phenoxy) is 1. The quantitative estimate of drug-likeness (QED) is 0.826. The Kier molecular flexibility index (Phi) is 3.42. The normalized spacial score (nSPS) is 20.9. The van der Waals surface area contributed by atoms with Gasteiger partial charge in [0.2, 0.25) is 5.82 Å². The maximum atomic E-state index is 12.1. The van der Waals surface area contributed by atoms with Crippen LogP contribution in [0.15, 0.2) is 0 Å². The van der Waals surface area contributed by atoms with E-state index >= 15 is 0 Å². The fraction of sp³-hybridized carbons (Fsp3) is 0.727. The molecule has 1 fully saturated rings. The van der Waals surface area contributed by atoms with Gasteiger partial charge in [-0.25, -0.2) is 4.98 Å². The van der Waals surface area contributed by atoms with Crippen molar-refractivity contribution in [3.8, 4) is 0 Å². The van der Waals surface area contributed by atoms with Crippen LogP contribution in [-0.4, -0.2) is 51.8 Å². The molecular weight excluding hydrogens is 220 g/mol. The molecule has 0 aliphatic carbocycles. The van der Waals surface area contributed by atoms with Gasteiger partial charge in [-0.3, -0.25) is 9.89 Å². The summed E-state index contributed by atoms with van der Waals surface area (Å²) < 4.78 is 5.39. The zero-order valence-corrected chi connectivity index (χ0v) is 10.4. The number of H-pyrrole nitrogens is 1. The minimum Gasteiger partial charge on any atom is -0.375 e. The largest absolute Gasteiger partial charge is 0.375 e. The predicted octanol–water partition coefficient (Wildman–Crippen LogP) is 0.789. The summed E-state index contributed by atoms with van der Waals surface area (Å²) in [5, 5.41) is 6.77. The van der Waals surface area contributed by atoms with E-state index in [1.54, 1.807) is 4.90 Å². The van der Waals surface area contributed by atoms with Crippen LogP contribution in [0.5, 0.6) is 0 Å². The number of morpholine rings is 1. The average molecular weight is 238 g/mol. The Morgan fingerprint density at radius 3 is 2.94 bits per heavy atom. The smallest absolute Gasteiger partial charge is 0.293 e. The lowest BCUT2D eigenvalue weighted by Gasteiger charge is -2.30. The van der Waals surface area contributed by atoms with E-state index in [1.807, 2.05) is 20.8 Å². The predicted molar refractivity (Wildman–Crippen MR) is 61.8 cm³/mol. The third kappa shape index (κ3) is 2.63. The number of rotatable bonds is 2. The lowest BCUT2D eigenvalue weighted by atomic mass is 10.2. The summed E-state index contributed by atoms with van der Waals surface area (Å²) in [4.78, 5) is 18.1. The maximum Gasteiger partial charge on any atom is 0.293 e. The molecule has 0 aromatic carbocycles. The molecule has 1 unspecified atom stereocenters. The third-order valence-electron chi connectivity index (χ3n) is 2.77. The number of nitrogens with zero attached hydrogens (tertiary/aromatic N) is 3. The first-order chi connectivity index (χ1) is 8.08. The molecule has 1 atom stereocenters. The van der Waals surface area contributed by atoms with Gasteiger partial charge in [0.05, 0.1) is 12.7 Å². The van der Waals surface area contributed by atoms with Crippen LogP contribution >= 0.6 is 0 Å². The molecule has 0 radical (unpaired) electrons. The van der Waals surface area contributed by atoms with Gasteiger partial charge in [-0.15, -0.1) is 5.10 Å². The van der Waals surface area contributed by atoms with Crippen molar-refractivity contribution >= 4 is 5.91 Å². The van der Waals surface area contributed by atoms with E-state index < -0.39 is 0 Å². The number of hydrogen-bond acceptors (Lipinski definition) is 4. The highest BCUT2D eigenvalue weighted by atomic mass is 16.5. The van der Waals surface area contributed by atoms with Crippen molar-refractivity contribution in [1.82, 2.24) is 20.1 Å². The van der Waals surface area contributed by atoms with Gasteiger partial charge < -0.3 is 9.64 Å². The highest BCUT2D eigenvalue weighted by Crippen LogP contribution is 2.11. The Labute approximate surface area is 100 Å². The van der Waals surface area contributed by atoms with Crippen LogP contribution in [0.1, 0.15) is 43.1 Å². The van der Waals surface area contributed by atoms with E-state index in [4.69, 9.17) is 4.74 Å². The standard InChI is InChI=1S/C11H18N4O2/c1-7(2)9-12-10(14-13-9)11(16)15-4-5-17-8(3)6-15/h7-8H,4-6H2,1-3H3,(H,12,13,14). The van der Waals surface area contributed by atoms with Gasteiger partial charge in [-0.1, -0.05) is 13.8 Å². The molecule has 6 heteroatoms. The molecule has 1 aliphatic heterocycles. The molecule has 1 saturated heterocycles. The van der Waals surface area contributed by atoms with E-state index in [2.05, 4.69) is 15.2 Å². The lowest BCUT2D eigenvalue weighted by molar-refractivity contribution is -0.0128. The van der Waals surface area contributed by atoms with Crippen molar-refractivity contribution in [3.63, 3.8) is 0 Å². The minimum atomic E-state index is -0.122. The molecule has 1 aromatic heterocycles. The first-order valence-electron chi connectivity index (χ1n) is 5.91. The van der Waals surface area contributed by atoms with Gasteiger partial charge in [0, 0.05) is 19.0 Å². The Balaban J connectivity index is 2.07. The SMILES string of the molecule is CC1CN(C(=O)c2n[nH]c(C(C)C)n2)CCO1. The number of nitrogens with one attached hydrogen (secondary N) is 1. The van der Waals surface area contributed by atoms with Gasteiger partial charge in [0.15, 0.2) is 0 Å². The van der Waals surface area contributed by atoms with Crippen LogP contribution in [0.25, 0.3) is 0 Å². The molecule has 2 heterocycles. The summed E-state index contributed by atoms with van der Waals surface area (Å²) in [6, 6.07) is 0. The molecule has 0 spiro atoms. The fourth-order valence-corrected chi connectivity index (χ4v) is 1.77. The van der Waals surface area contributed by atoms with Crippen molar-refractivity contribution in [2.75, 3.05) is 19.7 Å². The Morgan fingerprint density at radius 1 is 1.59 bits per heavy atom. The van der Waals surface area contributed by atoms with E-state index in [-0.39, 0.29) is 23.8 Å². The molecular formula is C11H18N4O2. The van der Waals surface area contributed by atoms with Crippen LogP contribution in [0.3, 0.4) is 0 Å². The average Bonchev–Trinajstić information content (AvgIpc) is 2.77. The van der Waals surface area contributed by atoms with Crippen molar-refractivity contribution in [3.05, 3.63) is 11.6 Å². The van der Waals surface area contributed by atoms with Crippen molar-refractivity contribution in [2.45, 2.75) is 32.8 Å². The van der Waals surface area contributed by atoms with Crippen LogP contribution in [0.4, 0.5) is 0 Å².